The predicted molar refractivity (Wildman–Crippen MR) is 55.4 cm³/mol. The van der Waals surface area contributed by atoms with Gasteiger partial charge in [-0.1, -0.05) is 17.3 Å². The van der Waals surface area contributed by atoms with Crippen molar-refractivity contribution in [2.24, 2.45) is 5.16 Å². The van der Waals surface area contributed by atoms with Gasteiger partial charge >= 0.3 is 12.1 Å². The average Bonchev–Trinajstić information content (AvgIpc) is 2.25. The Hall–Kier alpha value is -1.85. The summed E-state index contributed by atoms with van der Waals surface area (Å²) in [6.07, 6.45) is -4.41. The first-order valence-corrected chi connectivity index (χ1v) is 4.70. The fourth-order valence-corrected chi connectivity index (χ4v) is 1.11. The molecule has 0 aliphatic heterocycles. The van der Waals surface area contributed by atoms with Crippen LogP contribution in [-0.2, 0) is 15.8 Å². The van der Waals surface area contributed by atoms with Gasteiger partial charge in [0, 0.05) is 6.92 Å². The summed E-state index contributed by atoms with van der Waals surface area (Å²) in [5.41, 5.74) is -0.320. The lowest BCUT2D eigenvalue weighted by atomic mass is 10.1. The molecule has 0 fully saturated rings. The molecule has 0 saturated carbocycles. The minimum atomic E-state index is -4.41. The summed E-state index contributed by atoms with van der Waals surface area (Å²) in [5.74, 6) is -0.628. The van der Waals surface area contributed by atoms with E-state index in [9.17, 15) is 18.0 Å². The SMILES string of the molecule is CC(=O)O/N=C(\C)c1cccc(C(F)(F)F)c1. The molecule has 0 saturated heterocycles. The van der Waals surface area contributed by atoms with Gasteiger partial charge < -0.3 is 4.84 Å². The van der Waals surface area contributed by atoms with Gasteiger partial charge in [0.25, 0.3) is 0 Å². The number of halogens is 3. The highest BCUT2D eigenvalue weighted by Crippen LogP contribution is 2.29. The predicted octanol–water partition coefficient (Wildman–Crippen LogP) is 2.99. The maximum atomic E-state index is 12.4. The molecule has 92 valence electrons. The van der Waals surface area contributed by atoms with Crippen molar-refractivity contribution in [2.75, 3.05) is 0 Å². The molecular weight excluding hydrogens is 235 g/mol. The van der Waals surface area contributed by atoms with E-state index in [1.807, 2.05) is 0 Å². The molecule has 1 aromatic carbocycles. The van der Waals surface area contributed by atoms with Crippen LogP contribution in [0, 0.1) is 0 Å². The first kappa shape index (κ1) is 13.2. The number of carbonyl (C=O) groups is 1. The van der Waals surface area contributed by atoms with Gasteiger partial charge in [-0.05, 0) is 24.6 Å². The second kappa shape index (κ2) is 4.99. The van der Waals surface area contributed by atoms with E-state index in [-0.39, 0.29) is 11.3 Å². The highest BCUT2D eigenvalue weighted by Gasteiger charge is 2.30. The quantitative estimate of drug-likeness (QED) is 0.456. The molecule has 0 aromatic heterocycles. The number of alkyl halides is 3. The molecule has 0 heterocycles. The molecule has 0 atom stereocenters. The van der Waals surface area contributed by atoms with E-state index in [1.165, 1.54) is 19.1 Å². The van der Waals surface area contributed by atoms with E-state index in [0.29, 0.717) is 0 Å². The number of rotatable bonds is 2. The molecule has 17 heavy (non-hydrogen) atoms. The van der Waals surface area contributed by atoms with E-state index >= 15 is 0 Å². The molecule has 6 heteroatoms. The van der Waals surface area contributed by atoms with E-state index in [2.05, 4.69) is 9.99 Å². The van der Waals surface area contributed by atoms with Crippen LogP contribution in [-0.4, -0.2) is 11.7 Å². The number of hydrogen-bond donors (Lipinski definition) is 0. The number of oxime groups is 1. The van der Waals surface area contributed by atoms with Crippen molar-refractivity contribution in [1.29, 1.82) is 0 Å². The lowest BCUT2D eigenvalue weighted by Gasteiger charge is -2.08. The van der Waals surface area contributed by atoms with Crippen LogP contribution in [0.4, 0.5) is 13.2 Å². The minimum Gasteiger partial charge on any atom is -0.318 e. The van der Waals surface area contributed by atoms with Crippen LogP contribution in [0.1, 0.15) is 25.0 Å². The smallest absolute Gasteiger partial charge is 0.318 e. The van der Waals surface area contributed by atoms with Gasteiger partial charge in [0.15, 0.2) is 0 Å². The number of hydrogen-bond acceptors (Lipinski definition) is 3. The third-order valence-corrected chi connectivity index (χ3v) is 1.92. The van der Waals surface area contributed by atoms with Crippen LogP contribution in [0.2, 0.25) is 0 Å². The van der Waals surface area contributed by atoms with Crippen LogP contribution in [0.3, 0.4) is 0 Å². The molecule has 0 N–H and O–H groups in total. The first-order chi connectivity index (χ1) is 7.80. The largest absolute Gasteiger partial charge is 0.416 e. The topological polar surface area (TPSA) is 38.7 Å². The molecule has 0 aliphatic carbocycles. The third kappa shape index (κ3) is 3.90. The molecule has 0 bridgehead atoms. The van der Waals surface area contributed by atoms with Crippen molar-refractivity contribution in [2.45, 2.75) is 20.0 Å². The molecule has 0 unspecified atom stereocenters. The zero-order chi connectivity index (χ0) is 13.1. The van der Waals surface area contributed by atoms with Crippen LogP contribution in [0.15, 0.2) is 29.4 Å². The fourth-order valence-electron chi connectivity index (χ4n) is 1.11. The Morgan fingerprint density at radius 1 is 1.29 bits per heavy atom. The van der Waals surface area contributed by atoms with E-state index < -0.39 is 17.7 Å². The normalized spacial score (nSPS) is 12.4. The van der Waals surface area contributed by atoms with Gasteiger partial charge in [-0.2, -0.15) is 13.2 Å². The number of benzene rings is 1. The highest BCUT2D eigenvalue weighted by molar-refractivity contribution is 5.98. The zero-order valence-electron chi connectivity index (χ0n) is 9.21. The maximum Gasteiger partial charge on any atom is 0.416 e. The third-order valence-electron chi connectivity index (χ3n) is 1.92. The van der Waals surface area contributed by atoms with Crippen molar-refractivity contribution in [1.82, 2.24) is 0 Å². The first-order valence-electron chi connectivity index (χ1n) is 4.70. The second-order valence-corrected chi connectivity index (χ2v) is 3.34. The van der Waals surface area contributed by atoms with Crippen molar-refractivity contribution >= 4 is 11.7 Å². The molecule has 0 amide bonds. The van der Waals surface area contributed by atoms with Gasteiger partial charge in [0.05, 0.1) is 11.3 Å². The van der Waals surface area contributed by atoms with Crippen LogP contribution < -0.4 is 0 Å². The molecule has 0 spiro atoms. The Balaban J connectivity index is 3.00. The standard InChI is InChI=1S/C11H10F3NO2/c1-7(15-17-8(2)16)9-4-3-5-10(6-9)11(12,13)14/h3-6H,1-2H3/b15-7+. The average molecular weight is 245 g/mol. The molecule has 0 aliphatic rings. The second-order valence-electron chi connectivity index (χ2n) is 3.34. The Morgan fingerprint density at radius 3 is 2.47 bits per heavy atom. The Bertz CT molecular complexity index is 452. The van der Waals surface area contributed by atoms with Crippen molar-refractivity contribution in [3.8, 4) is 0 Å². The monoisotopic (exact) mass is 245 g/mol. The summed E-state index contributed by atoms with van der Waals surface area (Å²) in [7, 11) is 0. The highest BCUT2D eigenvalue weighted by atomic mass is 19.4. The maximum absolute atomic E-state index is 12.4. The molecule has 1 aromatic rings. The van der Waals surface area contributed by atoms with Crippen molar-refractivity contribution < 1.29 is 22.8 Å². The summed E-state index contributed by atoms with van der Waals surface area (Å²) < 4.78 is 37.3. The van der Waals surface area contributed by atoms with Gasteiger partial charge in [-0.3, -0.25) is 0 Å². The molecular formula is C11H10F3NO2. The van der Waals surface area contributed by atoms with Crippen molar-refractivity contribution in [3.63, 3.8) is 0 Å². The van der Waals surface area contributed by atoms with Gasteiger partial charge in [-0.15, -0.1) is 0 Å². The lowest BCUT2D eigenvalue weighted by molar-refractivity contribution is -0.141. The lowest BCUT2D eigenvalue weighted by Crippen LogP contribution is -2.07. The summed E-state index contributed by atoms with van der Waals surface area (Å²) in [6, 6.07) is 4.63. The summed E-state index contributed by atoms with van der Waals surface area (Å²) in [6.45, 7) is 2.61. The minimum absolute atomic E-state index is 0.200. The number of nitrogens with zero attached hydrogens (tertiary/aromatic N) is 1. The Morgan fingerprint density at radius 2 is 1.94 bits per heavy atom. The zero-order valence-corrected chi connectivity index (χ0v) is 9.21. The molecule has 1 rings (SSSR count). The van der Waals surface area contributed by atoms with Crippen LogP contribution in [0.5, 0.6) is 0 Å². The molecule has 0 radical (unpaired) electrons. The van der Waals surface area contributed by atoms with E-state index in [1.54, 1.807) is 0 Å². The number of carbonyl (C=O) groups excluding carboxylic acids is 1. The van der Waals surface area contributed by atoms with Crippen molar-refractivity contribution in [3.05, 3.63) is 35.4 Å². The van der Waals surface area contributed by atoms with Gasteiger partial charge in [-0.25, -0.2) is 4.79 Å². The molecule has 3 nitrogen and oxygen atoms in total. The van der Waals surface area contributed by atoms with E-state index in [4.69, 9.17) is 0 Å². The Labute approximate surface area is 95.9 Å². The van der Waals surface area contributed by atoms with Gasteiger partial charge in [0.2, 0.25) is 0 Å². The van der Waals surface area contributed by atoms with Gasteiger partial charge in [0.1, 0.15) is 0 Å². The van der Waals surface area contributed by atoms with Crippen LogP contribution in [0.25, 0.3) is 0 Å². The fraction of sp³-hybridized carbons (Fsp3) is 0.273. The summed E-state index contributed by atoms with van der Waals surface area (Å²) >= 11 is 0. The summed E-state index contributed by atoms with van der Waals surface area (Å²) in [4.78, 5) is 14.8. The van der Waals surface area contributed by atoms with Crippen LogP contribution >= 0.6 is 0 Å². The van der Waals surface area contributed by atoms with E-state index in [0.717, 1.165) is 19.1 Å². The summed E-state index contributed by atoms with van der Waals surface area (Å²) in [5, 5.41) is 3.42. The Kier molecular flexibility index (Phi) is 3.88.